The predicted octanol–water partition coefficient (Wildman–Crippen LogP) is 3.12. The van der Waals surface area contributed by atoms with Gasteiger partial charge in [-0.25, -0.2) is 13.3 Å². The number of hydrogen-bond acceptors (Lipinski definition) is 3. The number of anilines is 1. The quantitative estimate of drug-likeness (QED) is 0.693. The van der Waals surface area contributed by atoms with E-state index in [1.807, 2.05) is 18.2 Å². The van der Waals surface area contributed by atoms with E-state index in [2.05, 4.69) is 13.8 Å². The van der Waals surface area contributed by atoms with Gasteiger partial charge in [0.2, 0.25) is 0 Å². The molecule has 0 saturated heterocycles. The van der Waals surface area contributed by atoms with Gasteiger partial charge in [-0.05, 0) is 5.56 Å². The van der Waals surface area contributed by atoms with Crippen molar-refractivity contribution >= 4 is 22.1 Å². The van der Waals surface area contributed by atoms with Crippen LogP contribution in [0.2, 0.25) is 0 Å². The molecule has 1 heterocycles. The Hall–Kier alpha value is -0.636. The molecular formula is C14H13NOSY-2. The minimum Gasteiger partial charge on any atom is -0.391 e. The van der Waals surface area contributed by atoms with Gasteiger partial charge in [0, 0.05) is 38.3 Å². The molecule has 0 fully saturated rings. The first-order chi connectivity index (χ1) is 8.15. The van der Waals surface area contributed by atoms with Gasteiger partial charge in [-0.15, -0.1) is 4.88 Å². The normalized spacial score (nSPS) is 9.83. The van der Waals surface area contributed by atoms with Crippen molar-refractivity contribution in [1.29, 1.82) is 0 Å². The van der Waals surface area contributed by atoms with Gasteiger partial charge in [0.25, 0.3) is 0 Å². The first-order valence-corrected chi connectivity index (χ1v) is 6.09. The second-order valence-electron chi connectivity index (χ2n) is 3.69. The van der Waals surface area contributed by atoms with Crippen molar-refractivity contribution in [3.05, 3.63) is 65.7 Å². The summed E-state index contributed by atoms with van der Waals surface area (Å²) < 4.78 is 0. The average molecular weight is 332 g/mol. The molecule has 2 nitrogen and oxygen atoms in total. The van der Waals surface area contributed by atoms with Crippen molar-refractivity contribution in [2.75, 3.05) is 5.73 Å². The third-order valence-electron chi connectivity index (χ3n) is 2.63. The number of benzene rings is 1. The minimum absolute atomic E-state index is 0. The molecule has 0 aliphatic carbocycles. The van der Waals surface area contributed by atoms with Crippen molar-refractivity contribution in [3.8, 4) is 0 Å². The fourth-order valence-electron chi connectivity index (χ4n) is 1.78. The van der Waals surface area contributed by atoms with E-state index in [1.54, 1.807) is 12.1 Å². The van der Waals surface area contributed by atoms with Crippen molar-refractivity contribution < 1.29 is 37.5 Å². The largest absolute Gasteiger partial charge is 0.391 e. The smallest absolute Gasteiger partial charge is 0.178 e. The van der Waals surface area contributed by atoms with E-state index >= 15 is 0 Å². The van der Waals surface area contributed by atoms with E-state index in [9.17, 15) is 4.79 Å². The summed E-state index contributed by atoms with van der Waals surface area (Å²) in [6, 6.07) is 9.13. The Morgan fingerprint density at radius 2 is 1.89 bits per heavy atom. The standard InChI is InChI=1S/C14H13NOS.Y/c1-3-11-9(2)17-14(15)12(11)13(16)10-7-5-4-6-8-10;/h4-8H,1-3,15H2;/q-2;. The number of carbonyl (C=O) groups excluding carboxylic acids is 1. The van der Waals surface area contributed by atoms with E-state index in [0.717, 1.165) is 10.4 Å². The van der Waals surface area contributed by atoms with Crippen molar-refractivity contribution in [1.82, 2.24) is 0 Å². The van der Waals surface area contributed by atoms with E-state index in [-0.39, 0.29) is 38.5 Å². The monoisotopic (exact) mass is 332 g/mol. The third kappa shape index (κ3) is 2.85. The molecule has 0 amide bonds. The van der Waals surface area contributed by atoms with Gasteiger partial charge in [-0.2, -0.15) is 16.9 Å². The number of nitrogens with two attached hydrogens (primary N) is 1. The van der Waals surface area contributed by atoms with E-state index < -0.39 is 0 Å². The zero-order valence-electron chi connectivity index (χ0n) is 9.98. The Morgan fingerprint density at radius 1 is 1.28 bits per heavy atom. The summed E-state index contributed by atoms with van der Waals surface area (Å²) in [7, 11) is 0. The van der Waals surface area contributed by atoms with Crippen LogP contribution in [0.3, 0.4) is 0 Å². The number of thiophene rings is 1. The summed E-state index contributed by atoms with van der Waals surface area (Å²) in [5, 5.41) is 0.530. The molecule has 91 valence electrons. The maximum Gasteiger partial charge on any atom is 0.178 e. The molecule has 0 unspecified atom stereocenters. The molecule has 18 heavy (non-hydrogen) atoms. The average Bonchev–Trinajstić information content (AvgIpc) is 2.63. The molecule has 4 heteroatoms. The maximum absolute atomic E-state index is 12.3. The van der Waals surface area contributed by atoms with E-state index in [4.69, 9.17) is 5.73 Å². The summed E-state index contributed by atoms with van der Waals surface area (Å²) in [5.74, 6) is -0.0482. The zero-order valence-corrected chi connectivity index (χ0v) is 13.6. The van der Waals surface area contributed by atoms with Crippen LogP contribution in [0.15, 0.2) is 30.3 Å². The Labute approximate surface area is 136 Å². The fraction of sp³-hybridized carbons (Fsp3) is 0.0714. The Morgan fingerprint density at radius 3 is 2.44 bits per heavy atom. The predicted molar refractivity (Wildman–Crippen MR) is 72.1 cm³/mol. The van der Waals surface area contributed by atoms with Crippen LogP contribution in [0.1, 0.15) is 26.4 Å². The molecular weight excluding hydrogens is 319 g/mol. The van der Waals surface area contributed by atoms with Gasteiger partial charge >= 0.3 is 0 Å². The van der Waals surface area contributed by atoms with Gasteiger partial charge in [0.1, 0.15) is 0 Å². The van der Waals surface area contributed by atoms with E-state index in [0.29, 0.717) is 22.5 Å². The van der Waals surface area contributed by atoms with Crippen LogP contribution in [0, 0.1) is 13.8 Å². The molecule has 0 spiro atoms. The topological polar surface area (TPSA) is 43.1 Å². The Balaban J connectivity index is 0.00000162. The molecule has 0 atom stereocenters. The van der Waals surface area contributed by atoms with Crippen molar-refractivity contribution in [2.45, 2.75) is 6.42 Å². The first kappa shape index (κ1) is 15.4. The third-order valence-corrected chi connectivity index (χ3v) is 3.55. The van der Waals surface area contributed by atoms with Crippen LogP contribution in [-0.2, 0) is 39.1 Å². The fourth-order valence-corrected chi connectivity index (χ4v) is 2.69. The molecule has 2 N–H and O–H groups in total. The number of ketones is 1. The molecule has 2 aromatic rings. The molecule has 0 saturated carbocycles. The number of nitrogen functional groups attached to an aromatic ring is 1. The number of carbonyl (C=O) groups is 1. The van der Waals surface area contributed by atoms with Gasteiger partial charge in [0.05, 0.1) is 5.00 Å². The minimum atomic E-state index is -0.0482. The van der Waals surface area contributed by atoms with Crippen LogP contribution >= 0.6 is 11.3 Å². The summed E-state index contributed by atoms with van der Waals surface area (Å²) in [6.45, 7) is 7.72. The van der Waals surface area contributed by atoms with Crippen LogP contribution in [0.5, 0.6) is 0 Å². The molecule has 0 bridgehead atoms. The van der Waals surface area contributed by atoms with E-state index in [1.165, 1.54) is 11.3 Å². The van der Waals surface area contributed by atoms with Crippen LogP contribution < -0.4 is 5.73 Å². The number of rotatable bonds is 3. The van der Waals surface area contributed by atoms with Crippen LogP contribution in [0.25, 0.3) is 0 Å². The summed E-state index contributed by atoms with van der Waals surface area (Å²) in [6.07, 6.45) is 0.528. The Kier molecular flexibility index (Phi) is 5.58. The van der Waals surface area contributed by atoms with Crippen molar-refractivity contribution in [3.63, 3.8) is 0 Å². The molecule has 1 aromatic heterocycles. The molecule has 1 radical (unpaired) electrons. The Bertz CT molecular complexity index is 548. The maximum atomic E-state index is 12.3. The van der Waals surface area contributed by atoms with Crippen LogP contribution in [0.4, 0.5) is 5.00 Å². The molecule has 0 aliphatic rings. The van der Waals surface area contributed by atoms with Gasteiger partial charge in [-0.3, -0.25) is 4.79 Å². The SMILES string of the molecule is [CH2-]Cc1c([CH2-])sc(N)c1C(=O)c1ccccc1.[Y]. The first-order valence-electron chi connectivity index (χ1n) is 5.27. The second-order valence-corrected chi connectivity index (χ2v) is 4.82. The number of hydrogen-bond donors (Lipinski definition) is 1. The van der Waals surface area contributed by atoms with Gasteiger partial charge in [0.15, 0.2) is 5.78 Å². The molecule has 1 aromatic carbocycles. The molecule has 0 aliphatic heterocycles. The second kappa shape index (κ2) is 6.51. The van der Waals surface area contributed by atoms with Gasteiger partial charge < -0.3 is 12.7 Å². The van der Waals surface area contributed by atoms with Crippen LogP contribution in [-0.4, -0.2) is 5.78 Å². The summed E-state index contributed by atoms with van der Waals surface area (Å²) in [4.78, 5) is 13.2. The zero-order chi connectivity index (χ0) is 12.4. The summed E-state index contributed by atoms with van der Waals surface area (Å²) in [5.41, 5.74) is 7.96. The van der Waals surface area contributed by atoms with Crippen molar-refractivity contribution in [2.24, 2.45) is 0 Å². The van der Waals surface area contributed by atoms with Gasteiger partial charge in [-0.1, -0.05) is 30.3 Å². The molecule has 2 rings (SSSR count). The summed E-state index contributed by atoms with van der Waals surface area (Å²) >= 11 is 1.35.